The molecule has 0 atom stereocenters. The second kappa shape index (κ2) is 7.37. The van der Waals surface area contributed by atoms with Gasteiger partial charge in [-0.05, 0) is 42.7 Å². The Morgan fingerprint density at radius 2 is 2.08 bits per heavy atom. The van der Waals surface area contributed by atoms with E-state index in [1.54, 1.807) is 19.1 Å². The minimum absolute atomic E-state index is 0.148. The Bertz CT molecular complexity index is 1030. The second-order valence-corrected chi connectivity index (χ2v) is 6.33. The number of halogens is 2. The van der Waals surface area contributed by atoms with Crippen molar-refractivity contribution in [2.45, 2.75) is 13.3 Å². The third kappa shape index (κ3) is 3.73. The number of anilines is 1. The number of rotatable bonds is 4. The highest BCUT2D eigenvalue weighted by Crippen LogP contribution is 2.23. The molecule has 1 aromatic carbocycles. The molecule has 3 rings (SSSR count). The molecular formula is C18H12F2N4OS. The van der Waals surface area contributed by atoms with Crippen LogP contribution in [0.2, 0.25) is 0 Å². The van der Waals surface area contributed by atoms with Crippen LogP contribution in [0, 0.1) is 29.9 Å². The Kier molecular flexibility index (Phi) is 5.00. The van der Waals surface area contributed by atoms with Gasteiger partial charge in [0.05, 0.1) is 22.9 Å². The van der Waals surface area contributed by atoms with Gasteiger partial charge in [0.2, 0.25) is 0 Å². The number of aryl methyl sites for hydroxylation is 1. The summed E-state index contributed by atoms with van der Waals surface area (Å²) in [4.78, 5) is 17.5. The fourth-order valence-electron chi connectivity index (χ4n) is 2.40. The molecule has 0 bridgehead atoms. The number of carbonyl (C=O) groups excluding carboxylic acids is 1. The maximum absolute atomic E-state index is 13.3. The van der Waals surface area contributed by atoms with Crippen molar-refractivity contribution < 1.29 is 13.6 Å². The summed E-state index contributed by atoms with van der Waals surface area (Å²) in [6.45, 7) is 1.69. The quantitative estimate of drug-likeness (QED) is 0.757. The molecule has 2 heterocycles. The minimum atomic E-state index is -1.04. The summed E-state index contributed by atoms with van der Waals surface area (Å²) in [5.74, 6) is -2.49. The molecule has 0 unspecified atom stereocenters. The summed E-state index contributed by atoms with van der Waals surface area (Å²) >= 11 is 1.16. The molecule has 26 heavy (non-hydrogen) atoms. The normalized spacial score (nSPS) is 10.4. The van der Waals surface area contributed by atoms with Crippen LogP contribution >= 0.6 is 11.5 Å². The first-order chi connectivity index (χ1) is 12.5. The molecule has 8 heteroatoms. The molecule has 0 saturated heterocycles. The Morgan fingerprint density at radius 1 is 1.27 bits per heavy atom. The van der Waals surface area contributed by atoms with Crippen molar-refractivity contribution >= 4 is 23.1 Å². The van der Waals surface area contributed by atoms with E-state index in [0.717, 1.165) is 23.7 Å². The number of benzene rings is 1. The van der Waals surface area contributed by atoms with Crippen molar-refractivity contribution in [3.05, 3.63) is 75.6 Å². The lowest BCUT2D eigenvalue weighted by atomic mass is 10.1. The summed E-state index contributed by atoms with van der Waals surface area (Å²) in [6.07, 6.45) is 1.87. The van der Waals surface area contributed by atoms with Gasteiger partial charge in [-0.1, -0.05) is 0 Å². The Morgan fingerprint density at radius 3 is 2.81 bits per heavy atom. The SMILES string of the molecule is Cc1nsc(Cc2cc(C#N)ccn2)c1C(=O)Nc1ccc(F)c(F)c1. The first-order valence-corrected chi connectivity index (χ1v) is 8.32. The zero-order valence-electron chi connectivity index (χ0n) is 13.6. The van der Waals surface area contributed by atoms with Gasteiger partial charge in [-0.15, -0.1) is 0 Å². The van der Waals surface area contributed by atoms with E-state index in [4.69, 9.17) is 5.26 Å². The number of aromatic nitrogens is 2. The van der Waals surface area contributed by atoms with Gasteiger partial charge in [0.25, 0.3) is 5.91 Å². The highest BCUT2D eigenvalue weighted by Gasteiger charge is 2.19. The van der Waals surface area contributed by atoms with Crippen LogP contribution in [0.1, 0.15) is 32.2 Å². The zero-order valence-corrected chi connectivity index (χ0v) is 14.4. The molecule has 0 radical (unpaired) electrons. The Hall–Kier alpha value is -3.18. The van der Waals surface area contributed by atoms with Gasteiger partial charge in [-0.2, -0.15) is 9.64 Å². The average Bonchev–Trinajstić information content (AvgIpc) is 2.98. The lowest BCUT2D eigenvalue weighted by molar-refractivity contribution is 0.102. The number of nitrogens with one attached hydrogen (secondary N) is 1. The van der Waals surface area contributed by atoms with E-state index in [0.29, 0.717) is 33.8 Å². The van der Waals surface area contributed by atoms with Crippen LogP contribution in [0.3, 0.4) is 0 Å². The van der Waals surface area contributed by atoms with Crippen LogP contribution in [-0.4, -0.2) is 15.3 Å². The van der Waals surface area contributed by atoms with Gasteiger partial charge < -0.3 is 5.32 Å². The number of hydrogen-bond donors (Lipinski definition) is 1. The van der Waals surface area contributed by atoms with Gasteiger partial charge in [-0.3, -0.25) is 9.78 Å². The summed E-state index contributed by atoms with van der Waals surface area (Å²) < 4.78 is 30.5. The molecule has 5 nitrogen and oxygen atoms in total. The third-order valence-electron chi connectivity index (χ3n) is 3.63. The van der Waals surface area contributed by atoms with Crippen molar-refractivity contribution in [2.24, 2.45) is 0 Å². The van der Waals surface area contributed by atoms with Gasteiger partial charge >= 0.3 is 0 Å². The molecule has 0 aliphatic rings. The fourth-order valence-corrected chi connectivity index (χ4v) is 3.29. The number of nitriles is 1. The number of hydrogen-bond acceptors (Lipinski definition) is 5. The van der Waals surface area contributed by atoms with Crippen LogP contribution in [0.4, 0.5) is 14.5 Å². The maximum atomic E-state index is 13.3. The molecule has 0 spiro atoms. The lowest BCUT2D eigenvalue weighted by Crippen LogP contribution is -2.14. The molecule has 1 N–H and O–H groups in total. The van der Waals surface area contributed by atoms with Crippen molar-refractivity contribution in [3.63, 3.8) is 0 Å². The third-order valence-corrected chi connectivity index (χ3v) is 4.56. The topological polar surface area (TPSA) is 78.7 Å². The largest absolute Gasteiger partial charge is 0.322 e. The Labute approximate surface area is 152 Å². The molecule has 130 valence electrons. The van der Waals surface area contributed by atoms with E-state index in [2.05, 4.69) is 14.7 Å². The van der Waals surface area contributed by atoms with Crippen LogP contribution in [0.25, 0.3) is 0 Å². The molecule has 0 saturated carbocycles. The van der Waals surface area contributed by atoms with Gasteiger partial charge in [0.1, 0.15) is 0 Å². The summed E-state index contributed by atoms with van der Waals surface area (Å²) in [5, 5.41) is 11.5. The molecule has 0 aliphatic heterocycles. The molecule has 0 aliphatic carbocycles. The van der Waals surface area contributed by atoms with Crippen LogP contribution in [-0.2, 0) is 6.42 Å². The maximum Gasteiger partial charge on any atom is 0.258 e. The van der Waals surface area contributed by atoms with Crippen molar-refractivity contribution in [1.29, 1.82) is 5.26 Å². The lowest BCUT2D eigenvalue weighted by Gasteiger charge is -2.07. The number of nitrogens with zero attached hydrogens (tertiary/aromatic N) is 3. The first-order valence-electron chi connectivity index (χ1n) is 7.54. The van der Waals surface area contributed by atoms with Crippen molar-refractivity contribution in [1.82, 2.24) is 9.36 Å². The van der Waals surface area contributed by atoms with E-state index in [9.17, 15) is 13.6 Å². The van der Waals surface area contributed by atoms with Gasteiger partial charge in [0.15, 0.2) is 11.6 Å². The summed E-state index contributed by atoms with van der Waals surface area (Å²) in [5.41, 5.74) is 2.15. The highest BCUT2D eigenvalue weighted by molar-refractivity contribution is 7.06. The second-order valence-electron chi connectivity index (χ2n) is 5.47. The minimum Gasteiger partial charge on any atom is -0.322 e. The van der Waals surface area contributed by atoms with Crippen LogP contribution < -0.4 is 5.32 Å². The molecule has 0 fully saturated rings. The highest BCUT2D eigenvalue weighted by atomic mass is 32.1. The molecule has 3 aromatic rings. The van der Waals surface area contributed by atoms with Crippen LogP contribution in [0.15, 0.2) is 36.5 Å². The monoisotopic (exact) mass is 370 g/mol. The number of pyridine rings is 1. The smallest absolute Gasteiger partial charge is 0.258 e. The molecule has 2 aromatic heterocycles. The summed E-state index contributed by atoms with van der Waals surface area (Å²) in [6, 6.07) is 8.42. The van der Waals surface area contributed by atoms with Crippen LogP contribution in [0.5, 0.6) is 0 Å². The first kappa shape index (κ1) is 17.6. The predicted octanol–water partition coefficient (Wildman–Crippen LogP) is 3.84. The number of amides is 1. The summed E-state index contributed by atoms with van der Waals surface area (Å²) in [7, 11) is 0. The van der Waals surface area contributed by atoms with E-state index in [-0.39, 0.29) is 5.69 Å². The number of carbonyl (C=O) groups is 1. The predicted molar refractivity (Wildman–Crippen MR) is 92.9 cm³/mol. The standard InChI is InChI=1S/C18H12F2N4OS/c1-10-17(18(25)23-12-2-3-14(19)15(20)7-12)16(26-24-10)8-13-6-11(9-21)4-5-22-13/h2-7H,8H2,1H3,(H,23,25). The van der Waals surface area contributed by atoms with Crippen molar-refractivity contribution in [3.8, 4) is 6.07 Å². The Balaban J connectivity index is 1.85. The average molecular weight is 370 g/mol. The van der Waals surface area contributed by atoms with E-state index < -0.39 is 17.5 Å². The molecular weight excluding hydrogens is 358 g/mol. The fraction of sp³-hybridized carbons (Fsp3) is 0.111. The van der Waals surface area contributed by atoms with E-state index >= 15 is 0 Å². The van der Waals surface area contributed by atoms with E-state index in [1.807, 2.05) is 6.07 Å². The van der Waals surface area contributed by atoms with Gasteiger partial charge in [-0.25, -0.2) is 8.78 Å². The van der Waals surface area contributed by atoms with Crippen molar-refractivity contribution in [2.75, 3.05) is 5.32 Å². The molecule has 1 amide bonds. The van der Waals surface area contributed by atoms with E-state index in [1.165, 1.54) is 12.3 Å². The van der Waals surface area contributed by atoms with Gasteiger partial charge in [0, 0.05) is 34.9 Å². The zero-order chi connectivity index (χ0) is 18.7.